The molecule has 3 rings (SSSR count). The molecule has 1 atom stereocenters. The fraction of sp³-hybridized carbons (Fsp3) is 0.400. The van der Waals surface area contributed by atoms with Crippen molar-refractivity contribution < 1.29 is 14.2 Å². The van der Waals surface area contributed by atoms with E-state index in [1.165, 1.54) is 11.1 Å². The molecule has 0 saturated carbocycles. The van der Waals surface area contributed by atoms with Gasteiger partial charge >= 0.3 is 0 Å². The third-order valence-electron chi connectivity index (χ3n) is 4.62. The quantitative estimate of drug-likeness (QED) is 0.861. The maximum atomic E-state index is 6.41. The lowest BCUT2D eigenvalue weighted by Gasteiger charge is -2.30. The Morgan fingerprint density at radius 3 is 2.60 bits per heavy atom. The van der Waals surface area contributed by atoms with E-state index in [0.29, 0.717) is 6.61 Å². The molecule has 0 spiro atoms. The predicted molar refractivity (Wildman–Crippen MR) is 100 cm³/mol. The summed E-state index contributed by atoms with van der Waals surface area (Å²) in [6.45, 7) is 5.44. The highest BCUT2D eigenvalue weighted by atomic mass is 35.5. The molecule has 2 aromatic rings. The molecule has 25 heavy (non-hydrogen) atoms. The molecule has 134 valence electrons. The maximum absolute atomic E-state index is 6.41. The zero-order valence-corrected chi connectivity index (χ0v) is 15.9. The van der Waals surface area contributed by atoms with Gasteiger partial charge in [0.2, 0.25) is 0 Å². The Kier molecular flexibility index (Phi) is 5.40. The number of rotatable bonds is 5. The van der Waals surface area contributed by atoms with Crippen LogP contribution in [0.15, 0.2) is 24.3 Å². The molecule has 0 fully saturated rings. The summed E-state index contributed by atoms with van der Waals surface area (Å²) in [6.07, 6.45) is 0.885. The van der Waals surface area contributed by atoms with Gasteiger partial charge in [-0.1, -0.05) is 17.7 Å². The Hall–Kier alpha value is -1.91. The number of hydrogen-bond acceptors (Lipinski definition) is 4. The summed E-state index contributed by atoms with van der Waals surface area (Å²) in [7, 11) is 3.35. The Balaban J connectivity index is 2.14. The van der Waals surface area contributed by atoms with Crippen molar-refractivity contribution in [3.8, 4) is 17.2 Å². The average Bonchev–Trinajstić information content (AvgIpc) is 2.63. The Morgan fingerprint density at radius 1 is 1.12 bits per heavy atom. The molecule has 1 unspecified atom stereocenters. The number of halogens is 1. The summed E-state index contributed by atoms with van der Waals surface area (Å²) in [4.78, 5) is 0. The Labute approximate surface area is 154 Å². The van der Waals surface area contributed by atoms with Gasteiger partial charge in [0.15, 0.2) is 11.5 Å². The molecule has 1 aliphatic heterocycles. The summed E-state index contributed by atoms with van der Waals surface area (Å²) in [6, 6.07) is 8.07. The van der Waals surface area contributed by atoms with E-state index in [4.69, 9.17) is 25.8 Å². The second kappa shape index (κ2) is 7.54. The van der Waals surface area contributed by atoms with Crippen LogP contribution in [0.5, 0.6) is 17.2 Å². The summed E-state index contributed by atoms with van der Waals surface area (Å²) in [5, 5.41) is 4.33. The summed E-state index contributed by atoms with van der Waals surface area (Å²) in [5.74, 6) is 2.43. The number of fused-ring (bicyclic) bond motifs is 1. The maximum Gasteiger partial charge on any atom is 0.164 e. The van der Waals surface area contributed by atoms with Crippen LogP contribution in [-0.2, 0) is 6.42 Å². The first-order chi connectivity index (χ1) is 12.1. The predicted octanol–water partition coefficient (Wildman–Crippen LogP) is 4.30. The standard InChI is InChI=1S/C20H24ClNO3/c1-5-25-18-10-12(2)16(21)11-15(18)19-13-6-7-17(23-3)20(24-4)14(13)8-9-22-19/h6-7,10-11,19,22H,5,8-9H2,1-4H3. The second-order valence-corrected chi connectivity index (χ2v) is 6.49. The van der Waals surface area contributed by atoms with E-state index >= 15 is 0 Å². The zero-order chi connectivity index (χ0) is 18.0. The van der Waals surface area contributed by atoms with Gasteiger partial charge in [-0.25, -0.2) is 0 Å². The van der Waals surface area contributed by atoms with Gasteiger partial charge in [0, 0.05) is 22.7 Å². The van der Waals surface area contributed by atoms with Crippen molar-refractivity contribution in [3.05, 3.63) is 51.5 Å². The highest BCUT2D eigenvalue weighted by Gasteiger charge is 2.28. The van der Waals surface area contributed by atoms with Crippen LogP contribution in [0.3, 0.4) is 0 Å². The number of methoxy groups -OCH3 is 2. The van der Waals surface area contributed by atoms with Gasteiger partial charge in [0.05, 0.1) is 26.9 Å². The van der Waals surface area contributed by atoms with Gasteiger partial charge in [-0.15, -0.1) is 0 Å². The lowest BCUT2D eigenvalue weighted by atomic mass is 9.88. The van der Waals surface area contributed by atoms with E-state index in [-0.39, 0.29) is 6.04 Å². The van der Waals surface area contributed by atoms with Gasteiger partial charge in [-0.2, -0.15) is 0 Å². The van der Waals surface area contributed by atoms with E-state index in [1.54, 1.807) is 14.2 Å². The van der Waals surface area contributed by atoms with E-state index in [1.807, 2.05) is 32.0 Å². The summed E-state index contributed by atoms with van der Waals surface area (Å²) in [5.41, 5.74) is 4.40. The molecule has 2 aromatic carbocycles. The van der Waals surface area contributed by atoms with Crippen molar-refractivity contribution >= 4 is 11.6 Å². The van der Waals surface area contributed by atoms with Gasteiger partial charge in [0.1, 0.15) is 5.75 Å². The third kappa shape index (κ3) is 3.29. The SMILES string of the molecule is CCOc1cc(C)c(Cl)cc1C1NCCc2c1ccc(OC)c2OC. The second-order valence-electron chi connectivity index (χ2n) is 6.08. The van der Waals surface area contributed by atoms with Crippen LogP contribution in [-0.4, -0.2) is 27.4 Å². The van der Waals surface area contributed by atoms with Gasteiger partial charge < -0.3 is 19.5 Å². The zero-order valence-electron chi connectivity index (χ0n) is 15.1. The first-order valence-electron chi connectivity index (χ1n) is 8.50. The molecule has 0 aromatic heterocycles. The highest BCUT2D eigenvalue weighted by Crippen LogP contribution is 2.42. The van der Waals surface area contributed by atoms with Crippen molar-refractivity contribution in [1.29, 1.82) is 0 Å². The van der Waals surface area contributed by atoms with Crippen molar-refractivity contribution in [2.45, 2.75) is 26.3 Å². The fourth-order valence-corrected chi connectivity index (χ4v) is 3.61. The summed E-state index contributed by atoms with van der Waals surface area (Å²) < 4.78 is 17.0. The number of aryl methyl sites for hydroxylation is 1. The lowest BCUT2D eigenvalue weighted by molar-refractivity contribution is 0.331. The first kappa shape index (κ1) is 17.9. The van der Waals surface area contributed by atoms with E-state index in [2.05, 4.69) is 11.4 Å². The minimum atomic E-state index is 0.00297. The highest BCUT2D eigenvalue weighted by molar-refractivity contribution is 6.31. The minimum Gasteiger partial charge on any atom is -0.494 e. The molecule has 0 radical (unpaired) electrons. The number of benzene rings is 2. The smallest absolute Gasteiger partial charge is 0.164 e. The van der Waals surface area contributed by atoms with Crippen molar-refractivity contribution in [1.82, 2.24) is 5.32 Å². The fourth-order valence-electron chi connectivity index (χ4n) is 3.44. The van der Waals surface area contributed by atoms with Gasteiger partial charge in [-0.05, 0) is 49.6 Å². The van der Waals surface area contributed by atoms with Gasteiger partial charge in [0.25, 0.3) is 0 Å². The van der Waals surface area contributed by atoms with Crippen molar-refractivity contribution in [3.63, 3.8) is 0 Å². The summed E-state index contributed by atoms with van der Waals surface area (Å²) >= 11 is 6.41. The molecule has 1 aliphatic rings. The van der Waals surface area contributed by atoms with Crippen LogP contribution < -0.4 is 19.5 Å². The average molecular weight is 362 g/mol. The van der Waals surface area contributed by atoms with Crippen LogP contribution in [0.25, 0.3) is 0 Å². The molecule has 5 heteroatoms. The largest absolute Gasteiger partial charge is 0.494 e. The topological polar surface area (TPSA) is 39.7 Å². The van der Waals surface area contributed by atoms with Crippen molar-refractivity contribution in [2.24, 2.45) is 0 Å². The molecule has 1 heterocycles. The molecule has 4 nitrogen and oxygen atoms in total. The molecule has 0 saturated heterocycles. The monoisotopic (exact) mass is 361 g/mol. The van der Waals surface area contributed by atoms with Crippen molar-refractivity contribution in [2.75, 3.05) is 27.4 Å². The number of nitrogens with one attached hydrogen (secondary N) is 1. The number of hydrogen-bond donors (Lipinski definition) is 1. The van der Waals surface area contributed by atoms with Gasteiger partial charge in [-0.3, -0.25) is 0 Å². The van der Waals surface area contributed by atoms with Crippen LogP contribution in [0.2, 0.25) is 5.02 Å². The van der Waals surface area contributed by atoms with Crippen LogP contribution in [0.1, 0.15) is 35.2 Å². The Bertz CT molecular complexity index is 776. The van der Waals surface area contributed by atoms with Crippen LogP contribution in [0, 0.1) is 6.92 Å². The first-order valence-corrected chi connectivity index (χ1v) is 8.88. The molecular weight excluding hydrogens is 338 g/mol. The van der Waals surface area contributed by atoms with Crippen LogP contribution >= 0.6 is 11.6 Å². The molecule has 0 bridgehead atoms. The molecule has 0 amide bonds. The minimum absolute atomic E-state index is 0.00297. The van der Waals surface area contributed by atoms with E-state index in [9.17, 15) is 0 Å². The Morgan fingerprint density at radius 2 is 1.92 bits per heavy atom. The van der Waals surface area contributed by atoms with E-state index < -0.39 is 0 Å². The molecule has 0 aliphatic carbocycles. The van der Waals surface area contributed by atoms with Crippen LogP contribution in [0.4, 0.5) is 0 Å². The molecular formula is C20H24ClNO3. The number of ether oxygens (including phenoxy) is 3. The molecule has 1 N–H and O–H groups in total. The van der Waals surface area contributed by atoms with E-state index in [0.717, 1.165) is 46.4 Å². The lowest BCUT2D eigenvalue weighted by Crippen LogP contribution is -2.31. The third-order valence-corrected chi connectivity index (χ3v) is 5.03. The normalized spacial score (nSPS) is 16.3.